The van der Waals surface area contributed by atoms with Crippen molar-refractivity contribution in [2.45, 2.75) is 38.8 Å². The highest BCUT2D eigenvalue weighted by Crippen LogP contribution is 2.23. The number of nitrogens with one attached hydrogen (secondary N) is 2. The normalized spacial score (nSPS) is 20.3. The van der Waals surface area contributed by atoms with Crippen molar-refractivity contribution < 1.29 is 23.9 Å². The number of esters is 1. The van der Waals surface area contributed by atoms with Crippen LogP contribution in [0.1, 0.15) is 27.2 Å². The molecule has 11 heteroatoms. The Labute approximate surface area is 165 Å². The molecule has 0 radical (unpaired) electrons. The highest BCUT2D eigenvalue weighted by molar-refractivity contribution is 6.36. The second kappa shape index (κ2) is 8.10. The monoisotopic (exact) mass is 416 g/mol. The summed E-state index contributed by atoms with van der Waals surface area (Å²) in [4.78, 5) is 52.9. The number of aromatic nitrogens is 1. The van der Waals surface area contributed by atoms with E-state index in [4.69, 9.17) is 27.9 Å². The summed E-state index contributed by atoms with van der Waals surface area (Å²) >= 11 is 11.6. The molecule has 0 aliphatic carbocycles. The number of ether oxygens (including phenoxy) is 1. The van der Waals surface area contributed by atoms with Crippen LogP contribution in [0.2, 0.25) is 10.0 Å². The molecule has 4 amide bonds. The smallest absolute Gasteiger partial charge is 0.327 e. The molecule has 0 bridgehead atoms. The maximum absolute atomic E-state index is 12.3. The first-order valence-electron chi connectivity index (χ1n) is 8.03. The van der Waals surface area contributed by atoms with E-state index in [2.05, 4.69) is 15.6 Å². The predicted octanol–water partition coefficient (Wildman–Crippen LogP) is 1.98. The van der Waals surface area contributed by atoms with Gasteiger partial charge in [-0.3, -0.25) is 19.3 Å². The number of urea groups is 1. The van der Waals surface area contributed by atoms with E-state index in [9.17, 15) is 19.2 Å². The van der Waals surface area contributed by atoms with Crippen LogP contribution in [0.4, 0.5) is 10.6 Å². The van der Waals surface area contributed by atoms with Crippen molar-refractivity contribution in [3.05, 3.63) is 22.3 Å². The van der Waals surface area contributed by atoms with Crippen LogP contribution in [0, 0.1) is 0 Å². The largest absolute Gasteiger partial charge is 0.451 e. The fourth-order valence-electron chi connectivity index (χ4n) is 2.27. The molecule has 2 heterocycles. The number of nitrogens with zero attached hydrogens (tertiary/aromatic N) is 2. The summed E-state index contributed by atoms with van der Waals surface area (Å²) < 4.78 is 4.99. The maximum Gasteiger partial charge on any atom is 0.327 e. The zero-order valence-electron chi connectivity index (χ0n) is 14.8. The van der Waals surface area contributed by atoms with Gasteiger partial charge in [-0.05, 0) is 26.3 Å². The Bertz CT molecular complexity index is 803. The molecule has 1 aliphatic rings. The summed E-state index contributed by atoms with van der Waals surface area (Å²) in [5.74, 6) is -2.06. The van der Waals surface area contributed by atoms with Gasteiger partial charge in [-0.15, -0.1) is 0 Å². The third-order valence-electron chi connectivity index (χ3n) is 4.07. The van der Waals surface area contributed by atoms with Gasteiger partial charge in [-0.2, -0.15) is 0 Å². The number of imide groups is 1. The minimum atomic E-state index is -1.20. The van der Waals surface area contributed by atoms with Crippen LogP contribution in [0.15, 0.2) is 12.3 Å². The number of hydrogen-bond donors (Lipinski definition) is 2. The molecule has 0 spiro atoms. The van der Waals surface area contributed by atoms with Crippen LogP contribution in [0.3, 0.4) is 0 Å². The van der Waals surface area contributed by atoms with Gasteiger partial charge in [-0.25, -0.2) is 9.78 Å². The summed E-state index contributed by atoms with van der Waals surface area (Å²) in [6.45, 7) is 4.04. The standard InChI is InChI=1S/C16H18Cl2N4O5/c1-4-16(3)14(25)22(15(26)21-16)7-11(23)27-8(2)13(24)20-12-10(18)5-9(17)6-19-12/h5-6,8H,4,7H2,1-3H3,(H,21,26)(H,19,20,24)/t8-,16+/m0/s1. The Kier molecular flexibility index (Phi) is 6.27. The van der Waals surface area contributed by atoms with Gasteiger partial charge in [-0.1, -0.05) is 30.1 Å². The Balaban J connectivity index is 1.94. The van der Waals surface area contributed by atoms with Gasteiger partial charge in [0, 0.05) is 6.20 Å². The van der Waals surface area contributed by atoms with Crippen LogP contribution >= 0.6 is 23.2 Å². The molecule has 2 rings (SSSR count). The number of anilines is 1. The third kappa shape index (κ3) is 4.67. The quantitative estimate of drug-likeness (QED) is 0.540. The van der Waals surface area contributed by atoms with Gasteiger partial charge in [0.05, 0.1) is 10.0 Å². The third-order valence-corrected chi connectivity index (χ3v) is 4.56. The maximum atomic E-state index is 12.3. The zero-order valence-corrected chi connectivity index (χ0v) is 16.3. The highest BCUT2D eigenvalue weighted by Gasteiger charge is 2.47. The Hall–Kier alpha value is -2.39. The summed E-state index contributed by atoms with van der Waals surface area (Å²) in [5, 5.41) is 5.33. The Morgan fingerprint density at radius 1 is 1.41 bits per heavy atom. The molecular weight excluding hydrogens is 399 g/mol. The lowest BCUT2D eigenvalue weighted by atomic mass is 9.99. The van der Waals surface area contributed by atoms with Crippen LogP contribution < -0.4 is 10.6 Å². The second-order valence-corrected chi connectivity index (χ2v) is 6.96. The minimum Gasteiger partial charge on any atom is -0.451 e. The zero-order chi connectivity index (χ0) is 20.4. The van der Waals surface area contributed by atoms with Gasteiger partial charge >= 0.3 is 12.0 Å². The van der Waals surface area contributed by atoms with E-state index in [1.165, 1.54) is 19.2 Å². The lowest BCUT2D eigenvalue weighted by molar-refractivity contribution is -0.155. The molecule has 9 nitrogen and oxygen atoms in total. The molecule has 27 heavy (non-hydrogen) atoms. The number of hydrogen-bond acceptors (Lipinski definition) is 6. The topological polar surface area (TPSA) is 118 Å². The number of carbonyl (C=O) groups is 4. The summed E-state index contributed by atoms with van der Waals surface area (Å²) in [7, 11) is 0. The van der Waals surface area contributed by atoms with Crippen LogP contribution in [-0.4, -0.2) is 51.9 Å². The van der Waals surface area contributed by atoms with Crippen molar-refractivity contribution in [2.24, 2.45) is 0 Å². The molecule has 2 N–H and O–H groups in total. The number of carbonyl (C=O) groups excluding carboxylic acids is 4. The van der Waals surface area contributed by atoms with Crippen molar-refractivity contribution in [1.82, 2.24) is 15.2 Å². The molecule has 2 atom stereocenters. The van der Waals surface area contributed by atoms with Crippen molar-refractivity contribution >= 4 is 52.8 Å². The molecule has 1 aromatic heterocycles. The molecular formula is C16H18Cl2N4O5. The van der Waals surface area contributed by atoms with E-state index in [1.807, 2.05) is 0 Å². The molecule has 1 saturated heterocycles. The molecule has 146 valence electrons. The fourth-order valence-corrected chi connectivity index (χ4v) is 2.70. The average Bonchev–Trinajstić information content (AvgIpc) is 2.81. The predicted molar refractivity (Wildman–Crippen MR) is 97.4 cm³/mol. The van der Waals surface area contributed by atoms with Gasteiger partial charge in [0.1, 0.15) is 12.1 Å². The fraction of sp³-hybridized carbons (Fsp3) is 0.438. The van der Waals surface area contributed by atoms with Crippen molar-refractivity contribution in [3.8, 4) is 0 Å². The molecule has 0 saturated carbocycles. The second-order valence-electron chi connectivity index (χ2n) is 6.11. The van der Waals surface area contributed by atoms with E-state index >= 15 is 0 Å². The first kappa shape index (κ1) is 20.9. The summed E-state index contributed by atoms with van der Waals surface area (Å²) in [6, 6.07) is 0.709. The summed E-state index contributed by atoms with van der Waals surface area (Å²) in [5.41, 5.74) is -1.06. The lowest BCUT2D eigenvalue weighted by Gasteiger charge is -2.19. The van der Waals surface area contributed by atoms with Crippen molar-refractivity contribution in [1.29, 1.82) is 0 Å². The molecule has 1 aliphatic heterocycles. The van der Waals surface area contributed by atoms with E-state index < -0.39 is 42.0 Å². The Morgan fingerprint density at radius 2 is 2.07 bits per heavy atom. The van der Waals surface area contributed by atoms with Gasteiger partial charge < -0.3 is 15.4 Å². The molecule has 0 aromatic carbocycles. The van der Waals surface area contributed by atoms with E-state index in [1.54, 1.807) is 13.8 Å². The van der Waals surface area contributed by atoms with Crippen LogP contribution in [0.5, 0.6) is 0 Å². The Morgan fingerprint density at radius 3 is 2.63 bits per heavy atom. The minimum absolute atomic E-state index is 0.0572. The molecule has 0 unspecified atom stereocenters. The highest BCUT2D eigenvalue weighted by atomic mass is 35.5. The lowest BCUT2D eigenvalue weighted by Crippen LogP contribution is -2.44. The van der Waals surface area contributed by atoms with Gasteiger partial charge in [0.25, 0.3) is 11.8 Å². The van der Waals surface area contributed by atoms with Gasteiger partial charge in [0.15, 0.2) is 11.9 Å². The van der Waals surface area contributed by atoms with Crippen molar-refractivity contribution in [2.75, 3.05) is 11.9 Å². The SMILES string of the molecule is CC[C@@]1(C)NC(=O)N(CC(=O)O[C@@H](C)C(=O)Nc2ncc(Cl)cc2Cl)C1=O. The number of amides is 4. The number of pyridine rings is 1. The summed E-state index contributed by atoms with van der Waals surface area (Å²) in [6.07, 6.45) is 0.461. The molecule has 1 fully saturated rings. The average molecular weight is 417 g/mol. The van der Waals surface area contributed by atoms with E-state index in [-0.39, 0.29) is 10.8 Å². The first-order valence-corrected chi connectivity index (χ1v) is 8.78. The van der Waals surface area contributed by atoms with Crippen LogP contribution in [0.25, 0.3) is 0 Å². The van der Waals surface area contributed by atoms with E-state index in [0.29, 0.717) is 11.4 Å². The number of halogens is 2. The molecule has 1 aromatic rings. The van der Waals surface area contributed by atoms with Crippen molar-refractivity contribution in [3.63, 3.8) is 0 Å². The van der Waals surface area contributed by atoms with Crippen LogP contribution in [-0.2, 0) is 19.1 Å². The van der Waals surface area contributed by atoms with Gasteiger partial charge in [0.2, 0.25) is 0 Å². The first-order chi connectivity index (χ1) is 12.6. The number of rotatable bonds is 6. The van der Waals surface area contributed by atoms with E-state index in [0.717, 1.165) is 4.90 Å².